The zero-order valence-electron chi connectivity index (χ0n) is 6.92. The molecule has 0 saturated heterocycles. The van der Waals surface area contributed by atoms with Crippen molar-refractivity contribution in [3.05, 3.63) is 23.0 Å². The molecule has 0 bridgehead atoms. The van der Waals surface area contributed by atoms with Crippen LogP contribution in [0.3, 0.4) is 0 Å². The van der Waals surface area contributed by atoms with Crippen LogP contribution in [-0.4, -0.2) is 4.98 Å². The van der Waals surface area contributed by atoms with Crippen LogP contribution in [-0.2, 0) is 12.6 Å². The lowest BCUT2D eigenvalue weighted by Crippen LogP contribution is -2.06. The second-order valence-electron chi connectivity index (χ2n) is 2.66. The molecule has 0 aliphatic rings. The van der Waals surface area contributed by atoms with Crippen molar-refractivity contribution >= 4 is 0 Å². The van der Waals surface area contributed by atoms with Crippen molar-refractivity contribution in [2.45, 2.75) is 26.4 Å². The smallest absolute Gasteiger partial charge is 0.364 e. The van der Waals surface area contributed by atoms with Gasteiger partial charge < -0.3 is 4.98 Å². The molecule has 12 heavy (non-hydrogen) atoms. The Morgan fingerprint density at radius 1 is 1.42 bits per heavy atom. The molecule has 0 radical (unpaired) electrons. The Bertz CT molecular complexity index is 272. The summed E-state index contributed by atoms with van der Waals surface area (Å²) in [5.74, 6) is 0. The Kier molecular flexibility index (Phi) is 2.17. The fourth-order valence-electron chi connectivity index (χ4n) is 1.27. The number of hydrogen-bond donors (Lipinski definition) is 1. The number of aromatic nitrogens is 1. The monoisotopic (exact) mass is 177 g/mol. The minimum Gasteiger partial charge on any atom is -0.364 e. The highest BCUT2D eigenvalue weighted by molar-refractivity contribution is 5.32. The highest BCUT2D eigenvalue weighted by Gasteiger charge is 2.34. The van der Waals surface area contributed by atoms with E-state index in [0.717, 1.165) is 6.20 Å². The lowest BCUT2D eigenvalue weighted by molar-refractivity contribution is -0.138. The summed E-state index contributed by atoms with van der Waals surface area (Å²) in [7, 11) is 0. The molecular formula is C8H10F3N. The molecule has 1 N–H and O–H groups in total. The zero-order valence-corrected chi connectivity index (χ0v) is 6.92. The fourth-order valence-corrected chi connectivity index (χ4v) is 1.27. The van der Waals surface area contributed by atoms with Crippen molar-refractivity contribution < 1.29 is 13.2 Å². The summed E-state index contributed by atoms with van der Waals surface area (Å²) in [4.78, 5) is 2.57. The third-order valence-corrected chi connectivity index (χ3v) is 1.87. The summed E-state index contributed by atoms with van der Waals surface area (Å²) in [6.45, 7) is 3.36. The number of alkyl halides is 3. The quantitative estimate of drug-likeness (QED) is 0.678. The second kappa shape index (κ2) is 2.84. The molecule has 68 valence electrons. The van der Waals surface area contributed by atoms with Crippen LogP contribution in [0.1, 0.15) is 23.7 Å². The molecule has 0 saturated carbocycles. The van der Waals surface area contributed by atoms with E-state index in [2.05, 4.69) is 4.98 Å². The van der Waals surface area contributed by atoms with Gasteiger partial charge in [-0.1, -0.05) is 6.92 Å². The van der Waals surface area contributed by atoms with E-state index in [-0.39, 0.29) is 0 Å². The largest absolute Gasteiger partial charge is 0.418 e. The molecular weight excluding hydrogens is 167 g/mol. The van der Waals surface area contributed by atoms with Gasteiger partial charge in [-0.15, -0.1) is 0 Å². The first-order valence-corrected chi connectivity index (χ1v) is 3.70. The highest BCUT2D eigenvalue weighted by atomic mass is 19.4. The van der Waals surface area contributed by atoms with E-state index in [4.69, 9.17) is 0 Å². The number of rotatable bonds is 1. The summed E-state index contributed by atoms with van der Waals surface area (Å²) in [5, 5.41) is 0. The van der Waals surface area contributed by atoms with Crippen LogP contribution in [0.2, 0.25) is 0 Å². The van der Waals surface area contributed by atoms with Crippen LogP contribution in [0, 0.1) is 6.92 Å². The van der Waals surface area contributed by atoms with Gasteiger partial charge in [-0.2, -0.15) is 13.2 Å². The molecule has 0 unspecified atom stereocenters. The van der Waals surface area contributed by atoms with E-state index in [1.807, 2.05) is 0 Å². The first-order valence-electron chi connectivity index (χ1n) is 3.70. The molecule has 0 fully saturated rings. The van der Waals surface area contributed by atoms with Gasteiger partial charge in [0.05, 0.1) is 5.56 Å². The standard InChI is InChI=1S/C8H10F3N/c1-3-6-5(2)12-4-7(6)8(9,10)11/h4,12H,3H2,1-2H3. The summed E-state index contributed by atoms with van der Waals surface area (Å²) in [6.07, 6.45) is -2.80. The van der Waals surface area contributed by atoms with Crippen LogP contribution < -0.4 is 0 Å². The van der Waals surface area contributed by atoms with Gasteiger partial charge in [0, 0.05) is 11.9 Å². The van der Waals surface area contributed by atoms with Gasteiger partial charge in [0.1, 0.15) is 0 Å². The van der Waals surface area contributed by atoms with Crippen LogP contribution >= 0.6 is 0 Å². The van der Waals surface area contributed by atoms with Crippen molar-refractivity contribution in [3.63, 3.8) is 0 Å². The third kappa shape index (κ3) is 1.47. The molecule has 0 amide bonds. The SMILES string of the molecule is CCc1c(C(F)(F)F)c[nH]c1C. The number of halogens is 3. The molecule has 0 atom stereocenters. The van der Waals surface area contributed by atoms with Gasteiger partial charge in [-0.3, -0.25) is 0 Å². The maximum atomic E-state index is 12.2. The highest BCUT2D eigenvalue weighted by Crippen LogP contribution is 2.33. The molecule has 1 heterocycles. The molecule has 0 aromatic carbocycles. The van der Waals surface area contributed by atoms with E-state index in [1.165, 1.54) is 0 Å². The summed E-state index contributed by atoms with van der Waals surface area (Å²) in [6, 6.07) is 0. The summed E-state index contributed by atoms with van der Waals surface area (Å²) < 4.78 is 36.7. The lowest BCUT2D eigenvalue weighted by atomic mass is 10.1. The van der Waals surface area contributed by atoms with Gasteiger partial charge in [-0.25, -0.2) is 0 Å². The van der Waals surface area contributed by atoms with Crippen molar-refractivity contribution in [2.24, 2.45) is 0 Å². The molecule has 1 aromatic rings. The van der Waals surface area contributed by atoms with Gasteiger partial charge in [0.25, 0.3) is 0 Å². The number of nitrogens with one attached hydrogen (secondary N) is 1. The van der Waals surface area contributed by atoms with Crippen LogP contribution in [0.15, 0.2) is 6.20 Å². The summed E-state index contributed by atoms with van der Waals surface area (Å²) >= 11 is 0. The first kappa shape index (κ1) is 9.16. The van der Waals surface area contributed by atoms with Crippen molar-refractivity contribution in [3.8, 4) is 0 Å². The first-order chi connectivity index (χ1) is 5.46. The Morgan fingerprint density at radius 3 is 2.33 bits per heavy atom. The average Bonchev–Trinajstić information content (AvgIpc) is 2.29. The third-order valence-electron chi connectivity index (χ3n) is 1.87. The van der Waals surface area contributed by atoms with Crippen molar-refractivity contribution in [1.82, 2.24) is 4.98 Å². The predicted molar refractivity (Wildman–Crippen MR) is 39.9 cm³/mol. The molecule has 1 nitrogen and oxygen atoms in total. The number of H-pyrrole nitrogens is 1. The minimum atomic E-state index is -4.23. The van der Waals surface area contributed by atoms with Gasteiger partial charge >= 0.3 is 6.18 Å². The fraction of sp³-hybridized carbons (Fsp3) is 0.500. The zero-order chi connectivity index (χ0) is 9.35. The molecule has 0 aliphatic heterocycles. The Hall–Kier alpha value is -0.930. The summed E-state index contributed by atoms with van der Waals surface area (Å²) in [5.41, 5.74) is 0.426. The average molecular weight is 177 g/mol. The number of aromatic amines is 1. The molecule has 1 aromatic heterocycles. The molecule has 1 rings (SSSR count). The molecule has 4 heteroatoms. The van der Waals surface area contributed by atoms with Gasteiger partial charge in [0.2, 0.25) is 0 Å². The van der Waals surface area contributed by atoms with E-state index in [1.54, 1.807) is 13.8 Å². The lowest BCUT2D eigenvalue weighted by Gasteiger charge is -2.06. The second-order valence-corrected chi connectivity index (χ2v) is 2.66. The van der Waals surface area contributed by atoms with Crippen LogP contribution in [0.5, 0.6) is 0 Å². The number of aryl methyl sites for hydroxylation is 1. The topological polar surface area (TPSA) is 15.8 Å². The van der Waals surface area contributed by atoms with E-state index in [9.17, 15) is 13.2 Å². The van der Waals surface area contributed by atoms with Crippen molar-refractivity contribution in [2.75, 3.05) is 0 Å². The van der Waals surface area contributed by atoms with E-state index >= 15 is 0 Å². The molecule has 0 spiro atoms. The minimum absolute atomic E-state index is 0.363. The van der Waals surface area contributed by atoms with Crippen LogP contribution in [0.4, 0.5) is 13.2 Å². The maximum absolute atomic E-state index is 12.2. The Balaban J connectivity index is 3.16. The van der Waals surface area contributed by atoms with Crippen LogP contribution in [0.25, 0.3) is 0 Å². The Labute approximate surface area is 68.6 Å². The van der Waals surface area contributed by atoms with Gasteiger partial charge in [-0.05, 0) is 18.9 Å². The van der Waals surface area contributed by atoms with E-state index < -0.39 is 11.7 Å². The normalized spacial score (nSPS) is 12.1. The maximum Gasteiger partial charge on any atom is 0.418 e. The molecule has 0 aliphatic carbocycles. The van der Waals surface area contributed by atoms with Crippen molar-refractivity contribution in [1.29, 1.82) is 0 Å². The van der Waals surface area contributed by atoms with Gasteiger partial charge in [0.15, 0.2) is 0 Å². The number of hydrogen-bond acceptors (Lipinski definition) is 0. The Morgan fingerprint density at radius 2 is 2.00 bits per heavy atom. The van der Waals surface area contributed by atoms with E-state index in [0.29, 0.717) is 17.7 Å². The predicted octanol–water partition coefficient (Wildman–Crippen LogP) is 2.90.